The Morgan fingerprint density at radius 2 is 1.73 bits per heavy atom. The summed E-state index contributed by atoms with van der Waals surface area (Å²) in [4.78, 5) is 2.09. The Labute approximate surface area is 161 Å². The van der Waals surface area contributed by atoms with Gasteiger partial charge in [0, 0.05) is 17.5 Å². The summed E-state index contributed by atoms with van der Waals surface area (Å²) in [5.74, 6) is 0.807. The van der Waals surface area contributed by atoms with E-state index >= 15 is 0 Å². The molecule has 0 bridgehead atoms. The van der Waals surface area contributed by atoms with E-state index < -0.39 is 5.60 Å². The second kappa shape index (κ2) is 8.72. The van der Waals surface area contributed by atoms with Gasteiger partial charge in [-0.3, -0.25) is 0 Å². The first-order chi connectivity index (χ1) is 12.3. The Bertz CT molecular complexity index is 738. The molecule has 2 aromatic rings. The number of aliphatic hydroxyl groups is 1. The molecule has 0 fully saturated rings. The van der Waals surface area contributed by atoms with Crippen molar-refractivity contribution in [2.75, 3.05) is 27.7 Å². The monoisotopic (exact) mass is 373 g/mol. The van der Waals surface area contributed by atoms with Crippen molar-refractivity contribution >= 4 is 17.7 Å². The summed E-state index contributed by atoms with van der Waals surface area (Å²) >= 11 is 6.05. The van der Waals surface area contributed by atoms with Crippen LogP contribution < -0.4 is 4.74 Å². The van der Waals surface area contributed by atoms with E-state index in [1.165, 1.54) is 0 Å². The Balaban J connectivity index is 2.47. The predicted octanol–water partition coefficient (Wildman–Crippen LogP) is 4.84. The minimum Gasteiger partial charge on any atom is -0.497 e. The number of ether oxygens (including phenoxy) is 1. The highest BCUT2D eigenvalue weighted by atomic mass is 35.5. The fourth-order valence-electron chi connectivity index (χ4n) is 3.34. The van der Waals surface area contributed by atoms with Crippen LogP contribution in [-0.4, -0.2) is 37.8 Å². The van der Waals surface area contributed by atoms with Gasteiger partial charge in [0.2, 0.25) is 0 Å². The zero-order chi connectivity index (χ0) is 19.3. The first kappa shape index (κ1) is 20.5. The van der Waals surface area contributed by atoms with Crippen LogP contribution in [0.25, 0.3) is 6.08 Å². The van der Waals surface area contributed by atoms with E-state index in [0.717, 1.165) is 29.0 Å². The predicted molar refractivity (Wildman–Crippen MR) is 110 cm³/mol. The number of rotatable bonds is 7. The van der Waals surface area contributed by atoms with Crippen LogP contribution in [0.15, 0.2) is 54.1 Å². The van der Waals surface area contributed by atoms with Gasteiger partial charge in [0.15, 0.2) is 0 Å². The number of nitrogens with zero attached hydrogens (tertiary/aromatic N) is 1. The molecule has 1 N–H and O–H groups in total. The van der Waals surface area contributed by atoms with Crippen LogP contribution in [0, 0.1) is 5.92 Å². The average Bonchev–Trinajstić information content (AvgIpc) is 2.61. The number of hydrogen-bond acceptors (Lipinski definition) is 3. The number of halogens is 1. The quantitative estimate of drug-likeness (QED) is 0.753. The van der Waals surface area contributed by atoms with Crippen LogP contribution in [-0.2, 0) is 5.60 Å². The molecular formula is C22H28ClNO2. The molecule has 2 aromatic carbocycles. The zero-order valence-electron chi connectivity index (χ0n) is 16.2. The number of methoxy groups -OCH3 is 1. The molecule has 0 aliphatic rings. The zero-order valence-corrected chi connectivity index (χ0v) is 16.9. The Kier molecular flexibility index (Phi) is 6.87. The van der Waals surface area contributed by atoms with Gasteiger partial charge in [-0.05, 0) is 62.0 Å². The first-order valence-electron chi connectivity index (χ1n) is 8.73. The van der Waals surface area contributed by atoms with Crippen molar-refractivity contribution in [3.63, 3.8) is 0 Å². The van der Waals surface area contributed by atoms with Gasteiger partial charge in [-0.25, -0.2) is 0 Å². The Morgan fingerprint density at radius 3 is 2.23 bits per heavy atom. The molecule has 0 heterocycles. The van der Waals surface area contributed by atoms with E-state index in [-0.39, 0.29) is 5.92 Å². The van der Waals surface area contributed by atoms with E-state index in [1.807, 2.05) is 75.6 Å². The van der Waals surface area contributed by atoms with Gasteiger partial charge in [0.25, 0.3) is 0 Å². The molecule has 140 valence electrons. The lowest BCUT2D eigenvalue weighted by Crippen LogP contribution is -2.40. The van der Waals surface area contributed by atoms with Crippen LogP contribution in [0.1, 0.15) is 25.0 Å². The Morgan fingerprint density at radius 1 is 1.15 bits per heavy atom. The van der Waals surface area contributed by atoms with E-state index in [9.17, 15) is 5.11 Å². The highest BCUT2D eigenvalue weighted by molar-refractivity contribution is 6.30. The van der Waals surface area contributed by atoms with Gasteiger partial charge in [-0.15, -0.1) is 0 Å². The van der Waals surface area contributed by atoms with Crippen LogP contribution in [0.5, 0.6) is 5.75 Å². The third kappa shape index (κ3) is 4.67. The molecule has 2 atom stereocenters. The molecule has 0 aliphatic heterocycles. The van der Waals surface area contributed by atoms with E-state index in [2.05, 4.69) is 11.8 Å². The van der Waals surface area contributed by atoms with Crippen molar-refractivity contribution in [2.24, 2.45) is 5.92 Å². The van der Waals surface area contributed by atoms with Crippen molar-refractivity contribution < 1.29 is 9.84 Å². The molecule has 0 amide bonds. The molecule has 2 unspecified atom stereocenters. The highest BCUT2D eigenvalue weighted by Crippen LogP contribution is 2.38. The molecule has 0 spiro atoms. The SMILES string of the molecule is COc1ccc(/C=C(/C)C(O)(c2ccc(Cl)cc2)C(C)CN(C)C)cc1. The molecule has 0 aromatic heterocycles. The molecule has 3 nitrogen and oxygen atoms in total. The van der Waals surface area contributed by atoms with E-state index in [0.29, 0.717) is 5.02 Å². The average molecular weight is 374 g/mol. The standard InChI is InChI=1S/C22H28ClNO2/c1-16(14-18-6-12-21(26-5)13-7-18)22(25,17(2)15-24(3)4)19-8-10-20(23)11-9-19/h6-14,17,25H,15H2,1-5H3/b16-14-. The maximum Gasteiger partial charge on any atom is 0.118 e. The van der Waals surface area contributed by atoms with Gasteiger partial charge in [-0.2, -0.15) is 0 Å². The summed E-state index contributed by atoms with van der Waals surface area (Å²) in [6, 6.07) is 15.3. The lowest BCUT2D eigenvalue weighted by Gasteiger charge is -2.37. The van der Waals surface area contributed by atoms with Gasteiger partial charge < -0.3 is 14.7 Å². The molecular weight excluding hydrogens is 346 g/mol. The highest BCUT2D eigenvalue weighted by Gasteiger charge is 2.37. The van der Waals surface area contributed by atoms with Gasteiger partial charge in [0.1, 0.15) is 11.4 Å². The smallest absolute Gasteiger partial charge is 0.118 e. The van der Waals surface area contributed by atoms with Gasteiger partial charge in [0.05, 0.1) is 7.11 Å². The molecule has 2 rings (SSSR count). The minimum absolute atomic E-state index is 0.00632. The normalized spacial score (nSPS) is 15.6. The third-order valence-electron chi connectivity index (χ3n) is 4.74. The second-order valence-corrected chi connectivity index (χ2v) is 7.47. The summed E-state index contributed by atoms with van der Waals surface area (Å²) in [5, 5.41) is 12.4. The summed E-state index contributed by atoms with van der Waals surface area (Å²) in [7, 11) is 5.68. The second-order valence-electron chi connectivity index (χ2n) is 7.04. The van der Waals surface area contributed by atoms with Crippen LogP contribution in [0.4, 0.5) is 0 Å². The van der Waals surface area contributed by atoms with Crippen molar-refractivity contribution in [1.82, 2.24) is 4.90 Å². The maximum atomic E-state index is 11.8. The van der Waals surface area contributed by atoms with E-state index in [4.69, 9.17) is 16.3 Å². The summed E-state index contributed by atoms with van der Waals surface area (Å²) in [5.41, 5.74) is 1.67. The lowest BCUT2D eigenvalue weighted by atomic mass is 9.76. The summed E-state index contributed by atoms with van der Waals surface area (Å²) in [6.07, 6.45) is 2.03. The van der Waals surface area contributed by atoms with Crippen LogP contribution in [0.3, 0.4) is 0 Å². The van der Waals surface area contributed by atoms with Crippen LogP contribution >= 0.6 is 11.6 Å². The maximum absolute atomic E-state index is 11.8. The molecule has 0 radical (unpaired) electrons. The summed E-state index contributed by atoms with van der Waals surface area (Å²) in [6.45, 7) is 4.80. The molecule has 0 aliphatic carbocycles. The third-order valence-corrected chi connectivity index (χ3v) is 4.99. The van der Waals surface area contributed by atoms with Crippen LogP contribution in [0.2, 0.25) is 5.02 Å². The van der Waals surface area contributed by atoms with Gasteiger partial charge in [-0.1, -0.05) is 48.9 Å². The van der Waals surface area contributed by atoms with E-state index in [1.54, 1.807) is 7.11 Å². The first-order valence-corrected chi connectivity index (χ1v) is 9.11. The van der Waals surface area contributed by atoms with Crippen molar-refractivity contribution in [2.45, 2.75) is 19.4 Å². The largest absolute Gasteiger partial charge is 0.497 e. The van der Waals surface area contributed by atoms with Crippen molar-refractivity contribution in [1.29, 1.82) is 0 Å². The summed E-state index contributed by atoms with van der Waals surface area (Å²) < 4.78 is 5.22. The van der Waals surface area contributed by atoms with Crippen molar-refractivity contribution in [3.8, 4) is 5.75 Å². The fourth-order valence-corrected chi connectivity index (χ4v) is 3.47. The number of hydrogen-bond donors (Lipinski definition) is 1. The number of benzene rings is 2. The van der Waals surface area contributed by atoms with Gasteiger partial charge >= 0.3 is 0 Å². The van der Waals surface area contributed by atoms with Crippen molar-refractivity contribution in [3.05, 3.63) is 70.3 Å². The lowest BCUT2D eigenvalue weighted by molar-refractivity contribution is 0.0105. The minimum atomic E-state index is -1.09. The molecule has 26 heavy (non-hydrogen) atoms. The molecule has 4 heteroatoms. The fraction of sp³-hybridized carbons (Fsp3) is 0.364. The topological polar surface area (TPSA) is 32.7 Å². The molecule has 0 saturated heterocycles. The Hall–Kier alpha value is -1.81. The molecule has 0 saturated carbocycles.